The first-order chi connectivity index (χ1) is 6.15. The molecule has 0 radical (unpaired) electrons. The molecule has 0 amide bonds. The minimum absolute atomic E-state index is 0.783. The van der Waals surface area contributed by atoms with Gasteiger partial charge in [-0.25, -0.2) is 0 Å². The predicted molar refractivity (Wildman–Crippen MR) is 61.5 cm³/mol. The highest BCUT2D eigenvalue weighted by molar-refractivity contribution is 9.10. The molecule has 0 aromatic heterocycles. The second kappa shape index (κ2) is 4.99. The number of likely N-dealkylation sites (N-methyl/N-ethyl adjacent to an activating group) is 1. The molecule has 1 N–H and O–H groups in total. The van der Waals surface area contributed by atoms with E-state index in [2.05, 4.69) is 34.2 Å². The van der Waals surface area contributed by atoms with Gasteiger partial charge in [-0.2, -0.15) is 0 Å². The van der Waals surface area contributed by atoms with Crippen LogP contribution in [-0.2, 0) is 6.42 Å². The van der Waals surface area contributed by atoms with Gasteiger partial charge < -0.3 is 5.32 Å². The fourth-order valence-electron chi connectivity index (χ4n) is 1.22. The quantitative estimate of drug-likeness (QED) is 0.882. The van der Waals surface area contributed by atoms with Gasteiger partial charge >= 0.3 is 0 Å². The van der Waals surface area contributed by atoms with Crippen molar-refractivity contribution >= 4 is 27.5 Å². The van der Waals surface area contributed by atoms with Crippen molar-refractivity contribution in [1.82, 2.24) is 5.32 Å². The summed E-state index contributed by atoms with van der Waals surface area (Å²) in [6.45, 7) is 3.08. The summed E-state index contributed by atoms with van der Waals surface area (Å²) in [5.41, 5.74) is 2.59. The van der Waals surface area contributed by atoms with Gasteiger partial charge in [-0.3, -0.25) is 0 Å². The number of aryl methyl sites for hydroxylation is 1. The molecule has 0 spiro atoms. The Morgan fingerprint density at radius 1 is 1.46 bits per heavy atom. The van der Waals surface area contributed by atoms with E-state index in [1.807, 2.05) is 13.1 Å². The van der Waals surface area contributed by atoms with E-state index >= 15 is 0 Å². The van der Waals surface area contributed by atoms with Crippen LogP contribution in [0.15, 0.2) is 16.6 Å². The van der Waals surface area contributed by atoms with E-state index in [1.54, 1.807) is 0 Å². The largest absolute Gasteiger partial charge is 0.319 e. The van der Waals surface area contributed by atoms with E-state index in [1.165, 1.54) is 11.1 Å². The molecule has 0 aliphatic heterocycles. The summed E-state index contributed by atoms with van der Waals surface area (Å²) in [6.07, 6.45) is 1.04. The zero-order chi connectivity index (χ0) is 9.84. The van der Waals surface area contributed by atoms with Crippen LogP contribution in [0.5, 0.6) is 0 Å². The maximum Gasteiger partial charge on any atom is 0.0550 e. The third-order valence-corrected chi connectivity index (χ3v) is 3.22. The van der Waals surface area contributed by atoms with E-state index < -0.39 is 0 Å². The van der Waals surface area contributed by atoms with Crippen molar-refractivity contribution in [3.8, 4) is 0 Å². The minimum Gasteiger partial charge on any atom is -0.319 e. The van der Waals surface area contributed by atoms with Gasteiger partial charge in [-0.1, -0.05) is 11.6 Å². The first-order valence-corrected chi connectivity index (χ1v) is 5.41. The van der Waals surface area contributed by atoms with Gasteiger partial charge in [-0.05, 0) is 66.1 Å². The lowest BCUT2D eigenvalue weighted by Gasteiger charge is -2.07. The molecule has 13 heavy (non-hydrogen) atoms. The molecule has 0 bridgehead atoms. The van der Waals surface area contributed by atoms with Crippen LogP contribution in [0, 0.1) is 6.92 Å². The average molecular weight is 263 g/mol. The Morgan fingerprint density at radius 2 is 2.15 bits per heavy atom. The van der Waals surface area contributed by atoms with Crippen LogP contribution in [0.25, 0.3) is 0 Å². The molecular formula is C10H13BrClN. The molecule has 0 aliphatic carbocycles. The van der Waals surface area contributed by atoms with Crippen LogP contribution < -0.4 is 5.32 Å². The lowest BCUT2D eigenvalue weighted by Crippen LogP contribution is -2.11. The Hall–Kier alpha value is -0.0500. The summed E-state index contributed by atoms with van der Waals surface area (Å²) in [5, 5.41) is 3.91. The highest BCUT2D eigenvalue weighted by Crippen LogP contribution is 2.26. The first kappa shape index (κ1) is 11.0. The molecule has 1 aromatic rings. The summed E-state index contributed by atoms with van der Waals surface area (Å²) in [6, 6.07) is 4.09. The molecule has 0 saturated heterocycles. The molecule has 0 unspecified atom stereocenters. The van der Waals surface area contributed by atoms with Crippen molar-refractivity contribution in [2.45, 2.75) is 13.3 Å². The number of hydrogen-bond donors (Lipinski definition) is 1. The molecule has 0 heterocycles. The lowest BCUT2D eigenvalue weighted by atomic mass is 10.1. The maximum atomic E-state index is 5.96. The third-order valence-electron chi connectivity index (χ3n) is 2.02. The topological polar surface area (TPSA) is 12.0 Å². The second-order valence-corrected chi connectivity index (χ2v) is 4.31. The van der Waals surface area contributed by atoms with Crippen LogP contribution in [0.4, 0.5) is 0 Å². The monoisotopic (exact) mass is 261 g/mol. The van der Waals surface area contributed by atoms with E-state index in [-0.39, 0.29) is 0 Å². The van der Waals surface area contributed by atoms with E-state index in [9.17, 15) is 0 Å². The van der Waals surface area contributed by atoms with Crippen molar-refractivity contribution in [1.29, 1.82) is 0 Å². The summed E-state index contributed by atoms with van der Waals surface area (Å²) in [5.74, 6) is 0. The van der Waals surface area contributed by atoms with Gasteiger partial charge in [0.15, 0.2) is 0 Å². The number of benzene rings is 1. The fraction of sp³-hybridized carbons (Fsp3) is 0.400. The molecule has 0 aliphatic rings. The summed E-state index contributed by atoms with van der Waals surface area (Å²) >= 11 is 9.38. The van der Waals surface area contributed by atoms with E-state index in [0.29, 0.717) is 0 Å². The second-order valence-electron chi connectivity index (χ2n) is 3.05. The number of halogens is 2. The number of rotatable bonds is 3. The van der Waals surface area contributed by atoms with Crippen molar-refractivity contribution < 1.29 is 0 Å². The van der Waals surface area contributed by atoms with Gasteiger partial charge in [0.25, 0.3) is 0 Å². The molecular weight excluding hydrogens is 249 g/mol. The maximum absolute atomic E-state index is 5.96. The first-order valence-electron chi connectivity index (χ1n) is 4.24. The van der Waals surface area contributed by atoms with Gasteiger partial charge in [0.05, 0.1) is 5.02 Å². The van der Waals surface area contributed by atoms with Crippen molar-refractivity contribution in [3.05, 3.63) is 32.8 Å². The molecule has 0 saturated carbocycles. The van der Waals surface area contributed by atoms with Gasteiger partial charge in [0, 0.05) is 4.47 Å². The molecule has 1 nitrogen and oxygen atoms in total. The van der Waals surface area contributed by atoms with Crippen LogP contribution in [0.1, 0.15) is 11.1 Å². The Bertz CT molecular complexity index is 299. The Balaban J connectivity index is 2.88. The van der Waals surface area contributed by atoms with Gasteiger partial charge in [0.1, 0.15) is 0 Å². The van der Waals surface area contributed by atoms with Gasteiger partial charge in [0.2, 0.25) is 0 Å². The Kier molecular flexibility index (Phi) is 4.23. The smallest absolute Gasteiger partial charge is 0.0550 e. The summed E-state index contributed by atoms with van der Waals surface area (Å²) in [7, 11) is 1.96. The van der Waals surface area contributed by atoms with Crippen LogP contribution in [0.2, 0.25) is 5.02 Å². The highest BCUT2D eigenvalue weighted by atomic mass is 79.9. The van der Waals surface area contributed by atoms with Crippen LogP contribution >= 0.6 is 27.5 Å². The fourth-order valence-corrected chi connectivity index (χ4v) is 1.83. The van der Waals surface area contributed by atoms with Gasteiger partial charge in [-0.15, -0.1) is 0 Å². The Morgan fingerprint density at radius 3 is 2.77 bits per heavy atom. The van der Waals surface area contributed by atoms with E-state index in [4.69, 9.17) is 11.6 Å². The highest BCUT2D eigenvalue weighted by Gasteiger charge is 2.02. The number of hydrogen-bond acceptors (Lipinski definition) is 1. The number of nitrogens with one attached hydrogen (secondary N) is 1. The van der Waals surface area contributed by atoms with Crippen molar-refractivity contribution in [3.63, 3.8) is 0 Å². The molecule has 0 fully saturated rings. The summed E-state index contributed by atoms with van der Waals surface area (Å²) < 4.78 is 0.978. The zero-order valence-electron chi connectivity index (χ0n) is 7.82. The van der Waals surface area contributed by atoms with Crippen molar-refractivity contribution in [2.75, 3.05) is 13.6 Å². The predicted octanol–water partition coefficient (Wildman–Crippen LogP) is 3.17. The van der Waals surface area contributed by atoms with Crippen LogP contribution in [-0.4, -0.2) is 13.6 Å². The molecule has 72 valence electrons. The van der Waals surface area contributed by atoms with E-state index in [0.717, 1.165) is 22.5 Å². The average Bonchev–Trinajstić information content (AvgIpc) is 2.09. The lowest BCUT2D eigenvalue weighted by molar-refractivity contribution is 0.788. The molecule has 3 heteroatoms. The normalized spacial score (nSPS) is 10.5. The standard InChI is InChI=1S/C10H13BrClN/c1-7-5-10(12)9(11)6-8(7)3-4-13-2/h5-6,13H,3-4H2,1-2H3. The SMILES string of the molecule is CNCCc1cc(Br)c(Cl)cc1C. The molecule has 0 atom stereocenters. The summed E-state index contributed by atoms with van der Waals surface area (Å²) in [4.78, 5) is 0. The van der Waals surface area contributed by atoms with Crippen LogP contribution in [0.3, 0.4) is 0 Å². The molecule has 1 aromatic carbocycles. The minimum atomic E-state index is 0.783. The van der Waals surface area contributed by atoms with Crippen molar-refractivity contribution in [2.24, 2.45) is 0 Å². The zero-order valence-corrected chi connectivity index (χ0v) is 10.2. The molecule has 1 rings (SSSR count). The Labute approximate surface area is 92.6 Å². The third kappa shape index (κ3) is 2.97.